The molecule has 0 saturated heterocycles. The molecule has 0 aliphatic rings. The van der Waals surface area contributed by atoms with Gasteiger partial charge in [-0.3, -0.25) is 0 Å². The van der Waals surface area contributed by atoms with E-state index in [1.54, 1.807) is 6.07 Å². The number of alkyl halides is 2. The van der Waals surface area contributed by atoms with E-state index in [9.17, 15) is 13.6 Å². The molecular weight excluding hydrogens is 272 g/mol. The summed E-state index contributed by atoms with van der Waals surface area (Å²) in [6, 6.07) is 3.48. The maximum absolute atomic E-state index is 12.3. The topological polar surface area (TPSA) is 61.1 Å². The van der Waals surface area contributed by atoms with Crippen LogP contribution in [0.5, 0.6) is 0 Å². The Hall–Kier alpha value is -1.48. The summed E-state index contributed by atoms with van der Waals surface area (Å²) in [5.74, 6) is -1.41. The van der Waals surface area contributed by atoms with Gasteiger partial charge in [0.2, 0.25) is 0 Å². The molecule has 0 spiro atoms. The first-order valence-electron chi connectivity index (χ1n) is 3.72. The van der Waals surface area contributed by atoms with Crippen molar-refractivity contribution in [3.05, 3.63) is 33.3 Å². The Bertz CT molecular complexity index is 454. The summed E-state index contributed by atoms with van der Waals surface area (Å²) < 4.78 is 24.7. The average molecular weight is 276 g/mol. The van der Waals surface area contributed by atoms with E-state index in [0.29, 0.717) is 0 Å². The number of aromatic carboxylic acids is 1. The molecule has 0 amide bonds. The van der Waals surface area contributed by atoms with Crippen LogP contribution in [0.1, 0.15) is 27.9 Å². The maximum Gasteiger partial charge on any atom is 0.337 e. The van der Waals surface area contributed by atoms with Crippen molar-refractivity contribution in [2.45, 2.75) is 6.43 Å². The Morgan fingerprint density at radius 2 is 2.13 bits per heavy atom. The van der Waals surface area contributed by atoms with Crippen LogP contribution in [0.15, 0.2) is 16.6 Å². The normalized spacial score (nSPS) is 10.1. The van der Waals surface area contributed by atoms with Crippen LogP contribution < -0.4 is 0 Å². The second-order valence-corrected chi connectivity index (χ2v) is 3.50. The largest absolute Gasteiger partial charge is 0.478 e. The lowest BCUT2D eigenvalue weighted by atomic mass is 10.1. The van der Waals surface area contributed by atoms with Gasteiger partial charge in [0.05, 0.1) is 11.1 Å². The molecule has 0 aliphatic heterocycles. The monoisotopic (exact) mass is 275 g/mol. The van der Waals surface area contributed by atoms with Crippen LogP contribution in [-0.4, -0.2) is 11.1 Å². The Balaban J connectivity index is 3.47. The van der Waals surface area contributed by atoms with Gasteiger partial charge in [-0.25, -0.2) is 13.6 Å². The predicted octanol–water partition coefficient (Wildman–Crippen LogP) is 2.96. The molecule has 15 heavy (non-hydrogen) atoms. The number of carboxylic acids is 1. The number of benzene rings is 1. The standard InChI is InChI=1S/C9H4BrF2NO2/c10-7-2-4(8(11)12)1-5(9(14)15)6(7)3-13/h1-2,8H,(H,14,15). The number of carbonyl (C=O) groups is 1. The number of nitrogens with zero attached hydrogens (tertiary/aromatic N) is 1. The summed E-state index contributed by atoms with van der Waals surface area (Å²) >= 11 is 2.88. The third-order valence-corrected chi connectivity index (χ3v) is 2.33. The first kappa shape index (κ1) is 11.6. The van der Waals surface area contributed by atoms with Gasteiger partial charge in [0.15, 0.2) is 0 Å². The lowest BCUT2D eigenvalue weighted by Crippen LogP contribution is -2.03. The van der Waals surface area contributed by atoms with Crippen molar-refractivity contribution in [3.63, 3.8) is 0 Å². The van der Waals surface area contributed by atoms with E-state index in [2.05, 4.69) is 15.9 Å². The van der Waals surface area contributed by atoms with Crippen LogP contribution in [-0.2, 0) is 0 Å². The van der Waals surface area contributed by atoms with Crippen molar-refractivity contribution in [1.82, 2.24) is 0 Å². The molecule has 0 bridgehead atoms. The second kappa shape index (κ2) is 4.36. The minimum atomic E-state index is -2.77. The van der Waals surface area contributed by atoms with E-state index in [-0.39, 0.29) is 10.0 Å². The summed E-state index contributed by atoms with van der Waals surface area (Å²) in [6.07, 6.45) is -2.77. The lowest BCUT2D eigenvalue weighted by molar-refractivity contribution is 0.0696. The number of hydrogen-bond donors (Lipinski definition) is 1. The third kappa shape index (κ3) is 2.30. The third-order valence-electron chi connectivity index (χ3n) is 1.71. The fourth-order valence-corrected chi connectivity index (χ4v) is 1.60. The maximum atomic E-state index is 12.3. The molecule has 0 aromatic heterocycles. The predicted molar refractivity (Wildman–Crippen MR) is 50.8 cm³/mol. The van der Waals surface area contributed by atoms with E-state index in [1.807, 2.05) is 0 Å². The van der Waals surface area contributed by atoms with Crippen molar-refractivity contribution in [1.29, 1.82) is 5.26 Å². The highest BCUT2D eigenvalue weighted by atomic mass is 79.9. The van der Waals surface area contributed by atoms with Gasteiger partial charge in [0.1, 0.15) is 6.07 Å². The van der Waals surface area contributed by atoms with Crippen molar-refractivity contribution in [2.24, 2.45) is 0 Å². The first-order valence-corrected chi connectivity index (χ1v) is 4.51. The molecule has 0 aliphatic carbocycles. The van der Waals surface area contributed by atoms with Gasteiger partial charge in [-0.15, -0.1) is 0 Å². The van der Waals surface area contributed by atoms with Crippen LogP contribution >= 0.6 is 15.9 Å². The van der Waals surface area contributed by atoms with Crippen LogP contribution in [0.25, 0.3) is 0 Å². The quantitative estimate of drug-likeness (QED) is 0.903. The summed E-state index contributed by atoms with van der Waals surface area (Å²) in [4.78, 5) is 10.7. The van der Waals surface area contributed by atoms with E-state index >= 15 is 0 Å². The molecule has 78 valence electrons. The highest BCUT2D eigenvalue weighted by molar-refractivity contribution is 9.10. The van der Waals surface area contributed by atoms with Crippen LogP contribution in [0.4, 0.5) is 8.78 Å². The Morgan fingerprint density at radius 1 is 1.53 bits per heavy atom. The van der Waals surface area contributed by atoms with Gasteiger partial charge in [0, 0.05) is 10.0 Å². The molecule has 0 saturated carbocycles. The first-order chi connectivity index (χ1) is 6.97. The lowest BCUT2D eigenvalue weighted by Gasteiger charge is -2.05. The summed E-state index contributed by atoms with van der Waals surface area (Å²) in [7, 11) is 0. The molecular formula is C9H4BrF2NO2. The number of carboxylic acid groups (broad SMARTS) is 1. The molecule has 0 radical (unpaired) electrons. The summed E-state index contributed by atoms with van der Waals surface area (Å²) in [5, 5.41) is 17.4. The molecule has 1 N–H and O–H groups in total. The molecule has 0 heterocycles. The second-order valence-electron chi connectivity index (χ2n) is 2.64. The molecule has 1 rings (SSSR count). The highest BCUT2D eigenvalue weighted by Gasteiger charge is 2.18. The van der Waals surface area contributed by atoms with Gasteiger partial charge in [-0.1, -0.05) is 0 Å². The number of halogens is 3. The van der Waals surface area contributed by atoms with Crippen molar-refractivity contribution < 1.29 is 18.7 Å². The zero-order chi connectivity index (χ0) is 11.6. The minimum absolute atomic E-state index is 0.0557. The Kier molecular flexibility index (Phi) is 3.37. The Morgan fingerprint density at radius 3 is 2.53 bits per heavy atom. The smallest absolute Gasteiger partial charge is 0.337 e. The molecule has 1 aromatic rings. The number of hydrogen-bond acceptors (Lipinski definition) is 2. The van der Waals surface area contributed by atoms with Crippen LogP contribution in [0, 0.1) is 11.3 Å². The zero-order valence-electron chi connectivity index (χ0n) is 7.17. The Labute approximate surface area is 92.1 Å². The van der Waals surface area contributed by atoms with Gasteiger partial charge in [-0.05, 0) is 28.1 Å². The van der Waals surface area contributed by atoms with Crippen molar-refractivity contribution in [2.75, 3.05) is 0 Å². The molecule has 0 atom stereocenters. The molecule has 6 heteroatoms. The zero-order valence-corrected chi connectivity index (χ0v) is 8.75. The average Bonchev–Trinajstić information content (AvgIpc) is 2.16. The fourth-order valence-electron chi connectivity index (χ4n) is 1.04. The SMILES string of the molecule is N#Cc1c(Br)cc(C(F)F)cc1C(=O)O. The molecule has 0 fully saturated rings. The number of nitriles is 1. The molecule has 0 unspecified atom stereocenters. The van der Waals surface area contributed by atoms with E-state index in [0.717, 1.165) is 12.1 Å². The number of rotatable bonds is 2. The molecule has 1 aromatic carbocycles. The van der Waals surface area contributed by atoms with Crippen LogP contribution in [0.2, 0.25) is 0 Å². The van der Waals surface area contributed by atoms with Crippen molar-refractivity contribution in [3.8, 4) is 6.07 Å². The van der Waals surface area contributed by atoms with Gasteiger partial charge >= 0.3 is 5.97 Å². The summed E-state index contributed by atoms with van der Waals surface area (Å²) in [5.41, 5.74) is -1.02. The fraction of sp³-hybridized carbons (Fsp3) is 0.111. The van der Waals surface area contributed by atoms with Gasteiger partial charge in [-0.2, -0.15) is 5.26 Å². The molecule has 3 nitrogen and oxygen atoms in total. The van der Waals surface area contributed by atoms with E-state index < -0.39 is 23.5 Å². The van der Waals surface area contributed by atoms with Crippen molar-refractivity contribution >= 4 is 21.9 Å². The summed E-state index contributed by atoms with van der Waals surface area (Å²) in [6.45, 7) is 0. The van der Waals surface area contributed by atoms with Gasteiger partial charge < -0.3 is 5.11 Å². The minimum Gasteiger partial charge on any atom is -0.478 e. The van der Waals surface area contributed by atoms with E-state index in [1.165, 1.54) is 0 Å². The highest BCUT2D eigenvalue weighted by Crippen LogP contribution is 2.28. The van der Waals surface area contributed by atoms with Crippen LogP contribution in [0.3, 0.4) is 0 Å². The van der Waals surface area contributed by atoms with Gasteiger partial charge in [0.25, 0.3) is 6.43 Å². The van der Waals surface area contributed by atoms with E-state index in [4.69, 9.17) is 10.4 Å².